The number of anilines is 1. The molecule has 2 aliphatic heterocycles. The standard InChI is InChI=1S/C23H22N6O2/c1-25-22(30)14-10-17(18-12-27-21-16(18)4-2-7-26-21)15-6-9-29(20(15)11-14)23(31)19-5-3-8-28(19)13-24/h2,4,7,10-12,19H,3,5-6,8-9H2,1H3,(H,25,30)(H,26,27). The van der Waals surface area contributed by atoms with Gasteiger partial charge in [-0.3, -0.25) is 14.5 Å². The van der Waals surface area contributed by atoms with E-state index < -0.39 is 6.04 Å². The first-order valence-corrected chi connectivity index (χ1v) is 10.4. The lowest BCUT2D eigenvalue weighted by Gasteiger charge is -2.25. The van der Waals surface area contributed by atoms with Gasteiger partial charge in [-0.2, -0.15) is 5.26 Å². The van der Waals surface area contributed by atoms with Gasteiger partial charge in [0.05, 0.1) is 0 Å². The van der Waals surface area contributed by atoms with Crippen molar-refractivity contribution >= 4 is 28.5 Å². The van der Waals surface area contributed by atoms with Crippen molar-refractivity contribution in [3.63, 3.8) is 0 Å². The molecule has 8 heteroatoms. The van der Waals surface area contributed by atoms with Gasteiger partial charge in [-0.25, -0.2) is 4.98 Å². The van der Waals surface area contributed by atoms with Crippen molar-refractivity contribution in [3.8, 4) is 17.3 Å². The van der Waals surface area contributed by atoms with Crippen molar-refractivity contribution in [2.75, 3.05) is 25.0 Å². The molecule has 1 atom stereocenters. The summed E-state index contributed by atoms with van der Waals surface area (Å²) in [4.78, 5) is 36.8. The molecular weight excluding hydrogens is 392 g/mol. The lowest BCUT2D eigenvalue weighted by molar-refractivity contribution is -0.121. The largest absolute Gasteiger partial charge is 0.355 e. The smallest absolute Gasteiger partial charge is 0.251 e. The Bertz CT molecular complexity index is 1240. The van der Waals surface area contributed by atoms with E-state index in [4.69, 9.17) is 0 Å². The maximum absolute atomic E-state index is 13.4. The van der Waals surface area contributed by atoms with Crippen LogP contribution in [0.25, 0.3) is 22.2 Å². The van der Waals surface area contributed by atoms with Crippen molar-refractivity contribution in [2.45, 2.75) is 25.3 Å². The Morgan fingerprint density at radius 3 is 2.97 bits per heavy atom. The van der Waals surface area contributed by atoms with E-state index >= 15 is 0 Å². The SMILES string of the molecule is CNC(=O)c1cc(-c2c[nH]c3ncccc23)c2c(c1)N(C(=O)C1CCCN1C#N)CC2. The summed E-state index contributed by atoms with van der Waals surface area (Å²) < 4.78 is 0. The van der Waals surface area contributed by atoms with Gasteiger partial charge in [0.15, 0.2) is 6.19 Å². The van der Waals surface area contributed by atoms with Crippen molar-refractivity contribution in [1.29, 1.82) is 5.26 Å². The number of carbonyl (C=O) groups excluding carboxylic acids is 2. The number of H-pyrrole nitrogens is 1. The molecule has 156 valence electrons. The minimum Gasteiger partial charge on any atom is -0.355 e. The molecule has 1 aromatic carbocycles. The predicted octanol–water partition coefficient (Wildman–Crippen LogP) is 2.42. The number of nitrogens with one attached hydrogen (secondary N) is 2. The van der Waals surface area contributed by atoms with Gasteiger partial charge in [-0.1, -0.05) is 0 Å². The fraction of sp³-hybridized carbons (Fsp3) is 0.304. The van der Waals surface area contributed by atoms with Crippen LogP contribution >= 0.6 is 0 Å². The molecule has 1 fully saturated rings. The van der Waals surface area contributed by atoms with E-state index in [1.165, 1.54) is 0 Å². The summed E-state index contributed by atoms with van der Waals surface area (Å²) in [5, 5.41) is 13.0. The number of hydrogen-bond acceptors (Lipinski definition) is 5. The maximum Gasteiger partial charge on any atom is 0.251 e. The van der Waals surface area contributed by atoms with Gasteiger partial charge >= 0.3 is 0 Å². The first kappa shape index (κ1) is 19.1. The number of hydrogen-bond donors (Lipinski definition) is 2. The molecule has 2 amide bonds. The number of carbonyl (C=O) groups is 2. The van der Waals surface area contributed by atoms with Gasteiger partial charge in [0.1, 0.15) is 11.7 Å². The maximum atomic E-state index is 13.4. The monoisotopic (exact) mass is 414 g/mol. The number of aromatic amines is 1. The summed E-state index contributed by atoms with van der Waals surface area (Å²) in [6.45, 7) is 1.15. The Morgan fingerprint density at radius 2 is 2.16 bits per heavy atom. The Balaban J connectivity index is 1.64. The molecule has 0 bridgehead atoms. The molecule has 2 aromatic heterocycles. The Labute approximate surface area is 179 Å². The molecule has 8 nitrogen and oxygen atoms in total. The van der Waals surface area contributed by atoms with Gasteiger partial charge in [0.25, 0.3) is 5.91 Å². The molecule has 31 heavy (non-hydrogen) atoms. The third-order valence-electron chi connectivity index (χ3n) is 6.27. The summed E-state index contributed by atoms with van der Waals surface area (Å²) in [5.41, 5.74) is 4.94. The number of nitriles is 1. The van der Waals surface area contributed by atoms with Gasteiger partial charge in [-0.05, 0) is 54.7 Å². The first-order valence-electron chi connectivity index (χ1n) is 10.4. The number of aromatic nitrogens is 2. The average Bonchev–Trinajstić information content (AvgIpc) is 3.55. The molecule has 0 spiro atoms. The van der Waals surface area contributed by atoms with Crippen LogP contribution in [0.2, 0.25) is 0 Å². The molecule has 0 saturated carbocycles. The second-order valence-electron chi connectivity index (χ2n) is 7.89. The first-order chi connectivity index (χ1) is 15.1. The Kier molecular flexibility index (Phi) is 4.59. The third kappa shape index (κ3) is 3.01. The van der Waals surface area contributed by atoms with E-state index in [2.05, 4.69) is 21.5 Å². The molecule has 2 aliphatic rings. The van der Waals surface area contributed by atoms with Crippen LogP contribution in [0.5, 0.6) is 0 Å². The Morgan fingerprint density at radius 1 is 1.29 bits per heavy atom. The summed E-state index contributed by atoms with van der Waals surface area (Å²) in [5.74, 6) is -0.278. The molecular formula is C23H22N6O2. The molecule has 4 heterocycles. The summed E-state index contributed by atoms with van der Waals surface area (Å²) in [6, 6.07) is 7.13. The highest BCUT2D eigenvalue weighted by Crippen LogP contribution is 2.40. The summed E-state index contributed by atoms with van der Waals surface area (Å²) >= 11 is 0. The van der Waals surface area contributed by atoms with E-state index in [9.17, 15) is 14.9 Å². The highest BCUT2D eigenvalue weighted by molar-refractivity contribution is 6.05. The van der Waals surface area contributed by atoms with Crippen LogP contribution in [0.4, 0.5) is 5.69 Å². The highest BCUT2D eigenvalue weighted by atomic mass is 16.2. The van der Waals surface area contributed by atoms with Crippen LogP contribution in [0.15, 0.2) is 36.7 Å². The molecule has 0 aliphatic carbocycles. The number of pyridine rings is 1. The molecule has 3 aromatic rings. The number of amides is 2. The third-order valence-corrected chi connectivity index (χ3v) is 6.27. The highest BCUT2D eigenvalue weighted by Gasteiger charge is 2.37. The van der Waals surface area contributed by atoms with Crippen LogP contribution in [-0.2, 0) is 11.2 Å². The fourth-order valence-corrected chi connectivity index (χ4v) is 4.75. The molecule has 0 radical (unpaired) electrons. The molecule has 1 unspecified atom stereocenters. The lowest BCUT2D eigenvalue weighted by atomic mass is 9.95. The van der Waals surface area contributed by atoms with Crippen LogP contribution in [-0.4, -0.2) is 52.9 Å². The molecule has 1 saturated heterocycles. The van der Waals surface area contributed by atoms with Crippen molar-refractivity contribution in [2.24, 2.45) is 0 Å². The Hall–Kier alpha value is -3.86. The van der Waals surface area contributed by atoms with Gasteiger partial charge in [-0.15, -0.1) is 0 Å². The van der Waals surface area contributed by atoms with Crippen LogP contribution < -0.4 is 10.2 Å². The number of rotatable bonds is 3. The van der Waals surface area contributed by atoms with Gasteiger partial charge in [0, 0.05) is 54.7 Å². The van der Waals surface area contributed by atoms with E-state index in [1.807, 2.05) is 24.4 Å². The fourth-order valence-electron chi connectivity index (χ4n) is 4.75. The number of likely N-dealkylation sites (tertiary alicyclic amines) is 1. The zero-order valence-electron chi connectivity index (χ0n) is 17.2. The molecule has 2 N–H and O–H groups in total. The van der Waals surface area contributed by atoms with Crippen molar-refractivity contribution in [3.05, 3.63) is 47.8 Å². The van der Waals surface area contributed by atoms with E-state index in [-0.39, 0.29) is 11.8 Å². The zero-order chi connectivity index (χ0) is 21.5. The molecule has 5 rings (SSSR count). The minimum absolute atomic E-state index is 0.0709. The quantitative estimate of drug-likeness (QED) is 0.641. The van der Waals surface area contributed by atoms with E-state index in [0.717, 1.165) is 39.8 Å². The summed E-state index contributed by atoms with van der Waals surface area (Å²) in [6.07, 6.45) is 7.98. The average molecular weight is 414 g/mol. The lowest BCUT2D eigenvalue weighted by Crippen LogP contribution is -2.43. The minimum atomic E-state index is -0.430. The zero-order valence-corrected chi connectivity index (χ0v) is 17.2. The van der Waals surface area contributed by atoms with E-state index in [0.29, 0.717) is 31.5 Å². The number of fused-ring (bicyclic) bond motifs is 2. The topological polar surface area (TPSA) is 105 Å². The number of benzene rings is 1. The van der Waals surface area contributed by atoms with Crippen molar-refractivity contribution < 1.29 is 9.59 Å². The van der Waals surface area contributed by atoms with Crippen LogP contribution in [0.3, 0.4) is 0 Å². The van der Waals surface area contributed by atoms with Crippen LogP contribution in [0, 0.1) is 11.5 Å². The predicted molar refractivity (Wildman–Crippen MR) is 116 cm³/mol. The second kappa shape index (κ2) is 7.43. The number of nitrogens with zero attached hydrogens (tertiary/aromatic N) is 4. The van der Waals surface area contributed by atoms with E-state index in [1.54, 1.807) is 29.1 Å². The van der Waals surface area contributed by atoms with Crippen molar-refractivity contribution in [1.82, 2.24) is 20.2 Å². The second-order valence-corrected chi connectivity index (χ2v) is 7.89. The van der Waals surface area contributed by atoms with Crippen LogP contribution in [0.1, 0.15) is 28.8 Å². The van der Waals surface area contributed by atoms with Gasteiger partial charge < -0.3 is 15.2 Å². The normalized spacial score (nSPS) is 17.6. The van der Waals surface area contributed by atoms with Gasteiger partial charge in [0.2, 0.25) is 5.91 Å². The summed E-state index contributed by atoms with van der Waals surface area (Å²) in [7, 11) is 1.59.